The number of ether oxygens (including phenoxy) is 1. The minimum atomic E-state index is -0.311. The fourth-order valence-electron chi connectivity index (χ4n) is 2.63. The number of hydrogen-bond donors (Lipinski definition) is 1. The van der Waals surface area contributed by atoms with Crippen molar-refractivity contribution in [3.63, 3.8) is 0 Å². The van der Waals surface area contributed by atoms with Gasteiger partial charge in [0, 0.05) is 17.9 Å². The second-order valence-corrected chi connectivity index (χ2v) is 6.79. The zero-order chi connectivity index (χ0) is 14.8. The van der Waals surface area contributed by atoms with Crippen LogP contribution in [-0.4, -0.2) is 21.7 Å². The molecule has 1 aliphatic rings. The van der Waals surface area contributed by atoms with E-state index in [4.69, 9.17) is 10.5 Å². The van der Waals surface area contributed by atoms with E-state index >= 15 is 0 Å². The molecule has 1 saturated carbocycles. The summed E-state index contributed by atoms with van der Waals surface area (Å²) in [5, 5.41) is 0. The van der Waals surface area contributed by atoms with E-state index in [1.807, 2.05) is 20.8 Å². The van der Waals surface area contributed by atoms with E-state index in [2.05, 4.69) is 4.98 Å². The molecule has 0 atom stereocenters. The normalized spacial score (nSPS) is 18.8. The number of nitrogens with two attached hydrogens (primary N) is 1. The smallest absolute Gasteiger partial charge is 0.313 e. The molecule has 0 saturated heterocycles. The Bertz CT molecular complexity index is 511. The van der Waals surface area contributed by atoms with E-state index in [0.717, 1.165) is 25.7 Å². The molecule has 0 unspecified atom stereocenters. The molecule has 0 spiro atoms. The maximum absolute atomic E-state index is 12.3. The average molecular weight is 279 g/mol. The van der Waals surface area contributed by atoms with Gasteiger partial charge in [0.25, 0.3) is 5.88 Å². The standard InChI is InChI=1S/C15H25N3O2/c1-14(2,3)18-10-9-17-12(13(18)19)20-11-15(16)7-5-4-6-8-15/h9-10H,4-8,11,16H2,1-3H3. The Morgan fingerprint density at radius 1 is 1.35 bits per heavy atom. The third kappa shape index (κ3) is 3.39. The van der Waals surface area contributed by atoms with Gasteiger partial charge in [-0.15, -0.1) is 0 Å². The predicted octanol–water partition coefficient (Wildman–Crippen LogP) is 2.04. The van der Waals surface area contributed by atoms with Crippen LogP contribution in [0.1, 0.15) is 52.9 Å². The molecule has 1 heterocycles. The molecule has 1 fully saturated rings. The lowest BCUT2D eigenvalue weighted by Crippen LogP contribution is -2.47. The van der Waals surface area contributed by atoms with Crippen LogP contribution in [0, 0.1) is 0 Å². The zero-order valence-electron chi connectivity index (χ0n) is 12.7. The Balaban J connectivity index is 2.12. The summed E-state index contributed by atoms with van der Waals surface area (Å²) in [6.07, 6.45) is 8.70. The SMILES string of the molecule is CC(C)(C)n1ccnc(OCC2(N)CCCCC2)c1=O. The summed E-state index contributed by atoms with van der Waals surface area (Å²) in [6, 6.07) is 0. The lowest BCUT2D eigenvalue weighted by Gasteiger charge is -2.32. The minimum absolute atomic E-state index is 0.151. The molecule has 1 aromatic heterocycles. The van der Waals surface area contributed by atoms with Crippen molar-refractivity contribution in [3.05, 3.63) is 22.7 Å². The zero-order valence-corrected chi connectivity index (χ0v) is 12.7. The molecule has 1 aliphatic carbocycles. The maximum Gasteiger partial charge on any atom is 0.313 e. The van der Waals surface area contributed by atoms with Crippen LogP contribution in [0.4, 0.5) is 0 Å². The van der Waals surface area contributed by atoms with Gasteiger partial charge in [0.2, 0.25) is 0 Å². The van der Waals surface area contributed by atoms with E-state index in [0.29, 0.717) is 6.61 Å². The van der Waals surface area contributed by atoms with E-state index in [9.17, 15) is 4.79 Å². The molecular formula is C15H25N3O2. The Kier molecular flexibility index (Phi) is 4.18. The Morgan fingerprint density at radius 2 is 2.00 bits per heavy atom. The van der Waals surface area contributed by atoms with E-state index in [-0.39, 0.29) is 22.5 Å². The fraction of sp³-hybridized carbons (Fsp3) is 0.733. The van der Waals surface area contributed by atoms with Crippen LogP contribution >= 0.6 is 0 Å². The van der Waals surface area contributed by atoms with Gasteiger partial charge in [0.05, 0.1) is 5.54 Å². The van der Waals surface area contributed by atoms with Crippen molar-refractivity contribution >= 4 is 0 Å². The van der Waals surface area contributed by atoms with Crippen molar-refractivity contribution in [1.82, 2.24) is 9.55 Å². The summed E-state index contributed by atoms with van der Waals surface area (Å²) in [6.45, 7) is 6.29. The third-order valence-corrected chi connectivity index (χ3v) is 3.88. The van der Waals surface area contributed by atoms with Crippen LogP contribution in [-0.2, 0) is 5.54 Å². The van der Waals surface area contributed by atoms with Crippen LogP contribution in [0.15, 0.2) is 17.2 Å². The molecule has 0 bridgehead atoms. The van der Waals surface area contributed by atoms with Gasteiger partial charge in [0.15, 0.2) is 0 Å². The summed E-state index contributed by atoms with van der Waals surface area (Å²) < 4.78 is 7.28. The largest absolute Gasteiger partial charge is 0.472 e. The van der Waals surface area contributed by atoms with Crippen molar-refractivity contribution in [3.8, 4) is 5.88 Å². The molecule has 112 valence electrons. The topological polar surface area (TPSA) is 70.1 Å². The van der Waals surface area contributed by atoms with Crippen LogP contribution in [0.25, 0.3) is 0 Å². The van der Waals surface area contributed by atoms with Crippen molar-refractivity contribution in [2.75, 3.05) is 6.61 Å². The number of hydrogen-bond acceptors (Lipinski definition) is 4. The van der Waals surface area contributed by atoms with Gasteiger partial charge in [-0.25, -0.2) is 4.98 Å². The molecule has 0 aromatic carbocycles. The molecular weight excluding hydrogens is 254 g/mol. The number of rotatable bonds is 3. The minimum Gasteiger partial charge on any atom is -0.472 e. The first kappa shape index (κ1) is 15.0. The molecule has 0 radical (unpaired) electrons. The quantitative estimate of drug-likeness (QED) is 0.919. The van der Waals surface area contributed by atoms with Crippen LogP contribution in [0.5, 0.6) is 5.88 Å². The Morgan fingerprint density at radius 3 is 2.60 bits per heavy atom. The first-order valence-electron chi connectivity index (χ1n) is 7.32. The van der Waals surface area contributed by atoms with E-state index in [1.165, 1.54) is 6.42 Å². The van der Waals surface area contributed by atoms with Crippen LogP contribution in [0.2, 0.25) is 0 Å². The summed E-state index contributed by atoms with van der Waals surface area (Å²) in [5.74, 6) is 0.151. The maximum atomic E-state index is 12.3. The van der Waals surface area contributed by atoms with E-state index in [1.54, 1.807) is 17.0 Å². The summed E-state index contributed by atoms with van der Waals surface area (Å²) in [7, 11) is 0. The molecule has 0 aliphatic heterocycles. The van der Waals surface area contributed by atoms with Crippen LogP contribution in [0.3, 0.4) is 0 Å². The highest BCUT2D eigenvalue weighted by Gasteiger charge is 2.29. The highest BCUT2D eigenvalue weighted by molar-refractivity contribution is 5.07. The van der Waals surface area contributed by atoms with Gasteiger partial charge >= 0.3 is 5.56 Å². The highest BCUT2D eigenvalue weighted by Crippen LogP contribution is 2.26. The van der Waals surface area contributed by atoms with Crippen molar-refractivity contribution in [2.45, 2.75) is 64.0 Å². The first-order chi connectivity index (χ1) is 9.32. The second-order valence-electron chi connectivity index (χ2n) is 6.79. The van der Waals surface area contributed by atoms with Crippen molar-refractivity contribution in [1.29, 1.82) is 0 Å². The molecule has 5 nitrogen and oxygen atoms in total. The first-order valence-corrected chi connectivity index (χ1v) is 7.32. The molecule has 2 N–H and O–H groups in total. The van der Waals surface area contributed by atoms with Crippen molar-refractivity contribution in [2.24, 2.45) is 5.73 Å². The fourth-order valence-corrected chi connectivity index (χ4v) is 2.63. The molecule has 2 rings (SSSR count). The van der Waals surface area contributed by atoms with Gasteiger partial charge in [-0.2, -0.15) is 0 Å². The molecule has 0 amide bonds. The summed E-state index contributed by atoms with van der Waals surface area (Å²) >= 11 is 0. The molecule has 20 heavy (non-hydrogen) atoms. The van der Waals surface area contributed by atoms with Crippen LogP contribution < -0.4 is 16.0 Å². The van der Waals surface area contributed by atoms with Crippen molar-refractivity contribution < 1.29 is 4.74 Å². The molecule has 1 aromatic rings. The number of aromatic nitrogens is 2. The van der Waals surface area contributed by atoms with Gasteiger partial charge in [0.1, 0.15) is 6.61 Å². The van der Waals surface area contributed by atoms with Gasteiger partial charge in [-0.1, -0.05) is 19.3 Å². The second kappa shape index (κ2) is 5.56. The summed E-state index contributed by atoms with van der Waals surface area (Å²) in [4.78, 5) is 16.4. The number of nitrogens with zero attached hydrogens (tertiary/aromatic N) is 2. The van der Waals surface area contributed by atoms with Gasteiger partial charge in [-0.05, 0) is 33.6 Å². The summed E-state index contributed by atoms with van der Waals surface area (Å²) in [5.41, 5.74) is 5.53. The van der Waals surface area contributed by atoms with E-state index < -0.39 is 0 Å². The van der Waals surface area contributed by atoms with Gasteiger partial charge < -0.3 is 15.0 Å². The lowest BCUT2D eigenvalue weighted by atomic mass is 9.83. The van der Waals surface area contributed by atoms with Gasteiger partial charge in [-0.3, -0.25) is 4.79 Å². The molecule has 5 heteroatoms. The Hall–Kier alpha value is -1.36. The lowest BCUT2D eigenvalue weighted by molar-refractivity contribution is 0.165. The predicted molar refractivity (Wildman–Crippen MR) is 79.0 cm³/mol. The monoisotopic (exact) mass is 279 g/mol. The average Bonchev–Trinajstić information content (AvgIpc) is 2.37. The highest BCUT2D eigenvalue weighted by atomic mass is 16.5. The third-order valence-electron chi connectivity index (χ3n) is 3.88. The Labute approximate surface area is 120 Å².